The van der Waals surface area contributed by atoms with E-state index in [1.807, 2.05) is 46.0 Å². The second-order valence-electron chi connectivity index (χ2n) is 9.09. The maximum absolute atomic E-state index is 12.8. The summed E-state index contributed by atoms with van der Waals surface area (Å²) in [6.45, 7) is 6.92. The van der Waals surface area contributed by atoms with Gasteiger partial charge in [-0.1, -0.05) is 0 Å². The van der Waals surface area contributed by atoms with Gasteiger partial charge in [-0.3, -0.25) is 4.79 Å². The Hall–Kier alpha value is -3.77. The van der Waals surface area contributed by atoms with Crippen LogP contribution in [0.3, 0.4) is 0 Å². The Morgan fingerprint density at radius 2 is 1.62 bits per heavy atom. The zero-order valence-corrected chi connectivity index (χ0v) is 22.8. The number of aromatic nitrogens is 2. The normalized spacial score (nSPS) is 16.8. The van der Waals surface area contributed by atoms with Crippen LogP contribution in [0.25, 0.3) is 0 Å². The lowest BCUT2D eigenvalue weighted by molar-refractivity contribution is -0.192. The first kappa shape index (κ1) is 31.4. The summed E-state index contributed by atoms with van der Waals surface area (Å²) in [5, 5.41) is 13.9. The number of carbonyl (C=O) groups excluding carboxylic acids is 1. The first-order valence-corrected chi connectivity index (χ1v) is 12.6. The fourth-order valence-corrected chi connectivity index (χ4v) is 3.83. The average Bonchev–Trinajstić information content (AvgIpc) is 2.87. The number of aliphatic carboxylic acids is 1. The Morgan fingerprint density at radius 1 is 1.05 bits per heavy atom. The van der Waals surface area contributed by atoms with Crippen LogP contribution >= 0.6 is 0 Å². The number of benzene rings is 1. The van der Waals surface area contributed by atoms with Crippen molar-refractivity contribution in [3.05, 3.63) is 35.5 Å². The van der Waals surface area contributed by atoms with Gasteiger partial charge in [-0.05, 0) is 64.7 Å². The number of hydrogen-bond acceptors (Lipinski definition) is 8. The van der Waals surface area contributed by atoms with E-state index in [-0.39, 0.29) is 11.9 Å². The molecule has 1 aromatic heterocycles. The van der Waals surface area contributed by atoms with Crippen LogP contribution in [0.5, 0.6) is 11.5 Å². The molecule has 0 radical (unpaired) electrons. The van der Waals surface area contributed by atoms with Crippen molar-refractivity contribution in [2.45, 2.75) is 64.7 Å². The number of carboxylic acid groups (broad SMARTS) is 1. The van der Waals surface area contributed by atoms with Crippen molar-refractivity contribution in [3.8, 4) is 11.5 Å². The van der Waals surface area contributed by atoms with Crippen LogP contribution in [-0.4, -0.2) is 72.5 Å². The molecule has 1 fully saturated rings. The highest BCUT2D eigenvalue weighted by Crippen LogP contribution is 2.29. The first-order valence-electron chi connectivity index (χ1n) is 12.6. The number of carboxylic acids is 1. The van der Waals surface area contributed by atoms with Crippen LogP contribution in [0.1, 0.15) is 55.5 Å². The number of carbonyl (C=O) groups is 2. The van der Waals surface area contributed by atoms with Crippen molar-refractivity contribution in [2.75, 3.05) is 37.5 Å². The Bertz CT molecular complexity index is 1110. The SMILES string of the molecule is CCOc1ccc(C(=O)N[C@H]2CC[C@@H](Nc3nc(N(C)C)ncc3C)CC2)cc1OCC.O=C(O)C(F)(F)F. The molecule has 216 valence electrons. The largest absolute Gasteiger partial charge is 0.490 e. The topological polar surface area (TPSA) is 126 Å². The third kappa shape index (κ3) is 9.80. The highest BCUT2D eigenvalue weighted by atomic mass is 19.4. The van der Waals surface area contributed by atoms with E-state index >= 15 is 0 Å². The molecule has 10 nitrogen and oxygen atoms in total. The van der Waals surface area contributed by atoms with Gasteiger partial charge in [-0.15, -0.1) is 0 Å². The molecule has 1 heterocycles. The summed E-state index contributed by atoms with van der Waals surface area (Å²) in [6, 6.07) is 5.84. The van der Waals surface area contributed by atoms with Crippen molar-refractivity contribution >= 4 is 23.6 Å². The van der Waals surface area contributed by atoms with Crippen LogP contribution in [0, 0.1) is 6.92 Å². The summed E-state index contributed by atoms with van der Waals surface area (Å²) in [7, 11) is 3.87. The summed E-state index contributed by atoms with van der Waals surface area (Å²) in [5.41, 5.74) is 1.62. The summed E-state index contributed by atoms with van der Waals surface area (Å²) in [4.78, 5) is 32.6. The summed E-state index contributed by atoms with van der Waals surface area (Å²) in [5.74, 6) is 0.0113. The highest BCUT2D eigenvalue weighted by molar-refractivity contribution is 5.95. The van der Waals surface area contributed by atoms with E-state index in [0.717, 1.165) is 37.1 Å². The smallest absolute Gasteiger partial charge is 0.490 e. The lowest BCUT2D eigenvalue weighted by atomic mass is 9.91. The van der Waals surface area contributed by atoms with Gasteiger partial charge in [0.1, 0.15) is 5.82 Å². The second kappa shape index (κ2) is 14.4. The number of ether oxygens (including phenoxy) is 2. The number of nitrogens with zero attached hydrogens (tertiary/aromatic N) is 3. The lowest BCUT2D eigenvalue weighted by Gasteiger charge is -2.30. The van der Waals surface area contributed by atoms with E-state index in [0.29, 0.717) is 42.3 Å². The molecular weight excluding hydrogens is 519 g/mol. The zero-order chi connectivity index (χ0) is 29.2. The van der Waals surface area contributed by atoms with E-state index in [1.165, 1.54) is 0 Å². The van der Waals surface area contributed by atoms with Crippen LogP contribution in [0.2, 0.25) is 0 Å². The number of amides is 1. The molecule has 0 spiro atoms. The molecule has 3 N–H and O–H groups in total. The zero-order valence-electron chi connectivity index (χ0n) is 22.8. The van der Waals surface area contributed by atoms with Gasteiger partial charge in [0.15, 0.2) is 11.5 Å². The van der Waals surface area contributed by atoms with Crippen molar-refractivity contribution in [3.63, 3.8) is 0 Å². The molecule has 1 saturated carbocycles. The molecule has 2 aromatic rings. The molecule has 0 bridgehead atoms. The van der Waals surface area contributed by atoms with Crippen LogP contribution in [-0.2, 0) is 4.79 Å². The Morgan fingerprint density at radius 3 is 2.15 bits per heavy atom. The molecule has 1 aliphatic carbocycles. The van der Waals surface area contributed by atoms with Gasteiger partial charge < -0.3 is 30.1 Å². The Labute approximate surface area is 225 Å². The van der Waals surface area contributed by atoms with Crippen molar-refractivity contribution in [2.24, 2.45) is 0 Å². The second-order valence-corrected chi connectivity index (χ2v) is 9.09. The minimum absolute atomic E-state index is 0.0762. The quantitative estimate of drug-likeness (QED) is 0.412. The molecule has 0 saturated heterocycles. The summed E-state index contributed by atoms with van der Waals surface area (Å²) >= 11 is 0. The summed E-state index contributed by atoms with van der Waals surface area (Å²) in [6.07, 6.45) is 0.551. The van der Waals surface area contributed by atoms with Crippen LogP contribution < -0.4 is 25.0 Å². The molecule has 1 amide bonds. The molecule has 0 aliphatic heterocycles. The van der Waals surface area contributed by atoms with Crippen LogP contribution in [0.15, 0.2) is 24.4 Å². The maximum Gasteiger partial charge on any atom is 0.490 e. The number of anilines is 2. The van der Waals surface area contributed by atoms with Gasteiger partial charge in [0.2, 0.25) is 5.95 Å². The number of rotatable bonds is 9. The highest BCUT2D eigenvalue weighted by Gasteiger charge is 2.38. The van der Waals surface area contributed by atoms with Gasteiger partial charge in [-0.25, -0.2) is 9.78 Å². The van der Waals surface area contributed by atoms with E-state index < -0.39 is 12.1 Å². The predicted octanol–water partition coefficient (Wildman–Crippen LogP) is 4.43. The Balaban J connectivity index is 0.000000673. The minimum Gasteiger partial charge on any atom is -0.490 e. The van der Waals surface area contributed by atoms with Crippen LogP contribution in [0.4, 0.5) is 24.9 Å². The number of hydrogen-bond donors (Lipinski definition) is 3. The molecule has 3 rings (SSSR count). The minimum atomic E-state index is -5.08. The molecule has 1 aromatic carbocycles. The maximum atomic E-state index is 12.8. The molecular formula is C26H36F3N5O5. The van der Waals surface area contributed by atoms with Crippen molar-refractivity contribution in [1.29, 1.82) is 0 Å². The van der Waals surface area contributed by atoms with Crippen molar-refractivity contribution < 1.29 is 37.3 Å². The van der Waals surface area contributed by atoms with E-state index in [4.69, 9.17) is 19.4 Å². The number of nitrogens with one attached hydrogen (secondary N) is 2. The molecule has 39 heavy (non-hydrogen) atoms. The molecule has 13 heteroatoms. The third-order valence-corrected chi connectivity index (χ3v) is 5.81. The van der Waals surface area contributed by atoms with E-state index in [2.05, 4.69) is 20.6 Å². The monoisotopic (exact) mass is 555 g/mol. The Kier molecular flexibility index (Phi) is 11.6. The van der Waals surface area contributed by atoms with Gasteiger partial charge in [0.05, 0.1) is 13.2 Å². The molecule has 0 unspecified atom stereocenters. The van der Waals surface area contributed by atoms with Gasteiger partial charge in [0, 0.05) is 43.5 Å². The standard InChI is InChI=1S/C24H35N5O3.C2HF3O2/c1-6-31-20-13-8-17(14-21(20)32-7-2)23(30)27-19-11-9-18(10-12-19)26-22-16(3)15-25-24(28-22)29(4)5;3-2(4,5)1(6)7/h8,13-15,18-19H,6-7,9-12H2,1-5H3,(H,27,30)(H,25,26,28);(H,6,7)/t18-,19+;. The van der Waals surface area contributed by atoms with Gasteiger partial charge in [-0.2, -0.15) is 18.2 Å². The number of alkyl halides is 3. The van der Waals surface area contributed by atoms with Gasteiger partial charge in [0.25, 0.3) is 5.91 Å². The van der Waals surface area contributed by atoms with E-state index in [1.54, 1.807) is 18.2 Å². The van der Waals surface area contributed by atoms with Gasteiger partial charge >= 0.3 is 12.1 Å². The third-order valence-electron chi connectivity index (χ3n) is 5.81. The number of aryl methyl sites for hydroxylation is 1. The fourth-order valence-electron chi connectivity index (χ4n) is 3.83. The lowest BCUT2D eigenvalue weighted by Crippen LogP contribution is -2.40. The van der Waals surface area contributed by atoms with Crippen molar-refractivity contribution in [1.82, 2.24) is 15.3 Å². The fraction of sp³-hybridized carbons (Fsp3) is 0.538. The molecule has 0 atom stereocenters. The number of halogens is 3. The molecule has 1 aliphatic rings. The predicted molar refractivity (Wildman–Crippen MR) is 141 cm³/mol. The summed E-state index contributed by atoms with van der Waals surface area (Å²) < 4.78 is 43.0. The average molecular weight is 556 g/mol. The first-order chi connectivity index (χ1) is 18.3. The van der Waals surface area contributed by atoms with E-state index in [9.17, 15) is 18.0 Å².